The van der Waals surface area contributed by atoms with Gasteiger partial charge in [0.1, 0.15) is 12.0 Å². The molecular weight excluding hydrogens is 252 g/mol. The van der Waals surface area contributed by atoms with Crippen molar-refractivity contribution < 1.29 is 9.21 Å². The molecule has 0 aliphatic carbocycles. The molecule has 20 heavy (non-hydrogen) atoms. The SMILES string of the molecule is CCN(Cc1ccccc1CN)C(=O)c1coc(C)c1. The predicted molar refractivity (Wildman–Crippen MR) is 78.2 cm³/mol. The largest absolute Gasteiger partial charge is 0.469 e. The number of hydrogen-bond donors (Lipinski definition) is 1. The zero-order valence-electron chi connectivity index (χ0n) is 11.9. The molecule has 1 aromatic heterocycles. The second-order valence-corrected chi connectivity index (χ2v) is 4.74. The van der Waals surface area contributed by atoms with Crippen LogP contribution < -0.4 is 5.73 Å². The zero-order chi connectivity index (χ0) is 14.5. The molecule has 1 heterocycles. The zero-order valence-corrected chi connectivity index (χ0v) is 11.9. The number of aryl methyl sites for hydroxylation is 1. The van der Waals surface area contributed by atoms with E-state index in [4.69, 9.17) is 10.2 Å². The average molecular weight is 272 g/mol. The quantitative estimate of drug-likeness (QED) is 0.910. The van der Waals surface area contributed by atoms with E-state index < -0.39 is 0 Å². The predicted octanol–water partition coefficient (Wildman–Crippen LogP) is 2.71. The molecule has 0 aliphatic heterocycles. The molecule has 2 rings (SSSR count). The first-order chi connectivity index (χ1) is 9.65. The Labute approximate surface area is 119 Å². The molecule has 0 aliphatic rings. The first-order valence-electron chi connectivity index (χ1n) is 6.77. The molecule has 0 unspecified atom stereocenters. The van der Waals surface area contributed by atoms with Crippen LogP contribution in [0.4, 0.5) is 0 Å². The number of carbonyl (C=O) groups excluding carboxylic acids is 1. The summed E-state index contributed by atoms with van der Waals surface area (Å²) in [5.74, 6) is 0.725. The number of hydrogen-bond acceptors (Lipinski definition) is 3. The van der Waals surface area contributed by atoms with Crippen molar-refractivity contribution in [3.63, 3.8) is 0 Å². The van der Waals surface area contributed by atoms with Crippen LogP contribution >= 0.6 is 0 Å². The van der Waals surface area contributed by atoms with E-state index in [9.17, 15) is 4.79 Å². The Balaban J connectivity index is 2.18. The van der Waals surface area contributed by atoms with Crippen molar-refractivity contribution in [1.29, 1.82) is 0 Å². The maximum Gasteiger partial charge on any atom is 0.257 e. The standard InChI is InChI=1S/C16H20N2O2/c1-3-18(16(19)15-8-12(2)20-11-15)10-14-7-5-4-6-13(14)9-17/h4-8,11H,3,9-10,17H2,1-2H3. The lowest BCUT2D eigenvalue weighted by atomic mass is 10.1. The van der Waals surface area contributed by atoms with E-state index in [0.717, 1.165) is 16.9 Å². The van der Waals surface area contributed by atoms with E-state index in [-0.39, 0.29) is 5.91 Å². The number of benzene rings is 1. The second-order valence-electron chi connectivity index (χ2n) is 4.74. The van der Waals surface area contributed by atoms with Gasteiger partial charge in [0.15, 0.2) is 0 Å². The molecule has 1 amide bonds. The third-order valence-electron chi connectivity index (χ3n) is 3.35. The van der Waals surface area contributed by atoms with Crippen LogP contribution in [0.5, 0.6) is 0 Å². The summed E-state index contributed by atoms with van der Waals surface area (Å²) in [5, 5.41) is 0. The highest BCUT2D eigenvalue weighted by Gasteiger charge is 2.17. The Hall–Kier alpha value is -2.07. The first kappa shape index (κ1) is 14.3. The Morgan fingerprint density at radius 1 is 1.30 bits per heavy atom. The van der Waals surface area contributed by atoms with Gasteiger partial charge in [0.05, 0.1) is 5.56 Å². The molecule has 0 atom stereocenters. The minimum absolute atomic E-state index is 0.0174. The van der Waals surface area contributed by atoms with Gasteiger partial charge in [-0.05, 0) is 31.0 Å². The number of furan rings is 1. The first-order valence-corrected chi connectivity index (χ1v) is 6.77. The molecule has 4 heteroatoms. The van der Waals surface area contributed by atoms with Gasteiger partial charge in [-0.1, -0.05) is 24.3 Å². The molecular formula is C16H20N2O2. The van der Waals surface area contributed by atoms with Crippen molar-refractivity contribution in [2.75, 3.05) is 6.54 Å². The molecule has 1 aromatic carbocycles. The van der Waals surface area contributed by atoms with Gasteiger partial charge in [-0.2, -0.15) is 0 Å². The van der Waals surface area contributed by atoms with Gasteiger partial charge in [0, 0.05) is 19.6 Å². The molecule has 2 N–H and O–H groups in total. The van der Waals surface area contributed by atoms with Crippen molar-refractivity contribution in [1.82, 2.24) is 4.90 Å². The van der Waals surface area contributed by atoms with Gasteiger partial charge in [0.2, 0.25) is 0 Å². The van der Waals surface area contributed by atoms with Crippen LogP contribution in [0.3, 0.4) is 0 Å². The molecule has 0 spiro atoms. The summed E-state index contributed by atoms with van der Waals surface area (Å²) in [6.45, 7) is 5.48. The Bertz CT molecular complexity index is 590. The van der Waals surface area contributed by atoms with Crippen LogP contribution in [0.2, 0.25) is 0 Å². The number of amides is 1. The third kappa shape index (κ3) is 3.08. The Morgan fingerprint density at radius 3 is 2.55 bits per heavy atom. The highest BCUT2D eigenvalue weighted by atomic mass is 16.3. The molecule has 0 radical (unpaired) electrons. The molecule has 0 bridgehead atoms. The van der Waals surface area contributed by atoms with Crippen LogP contribution in [0.25, 0.3) is 0 Å². The number of carbonyl (C=O) groups is 1. The van der Waals surface area contributed by atoms with Gasteiger partial charge >= 0.3 is 0 Å². The van der Waals surface area contributed by atoms with Gasteiger partial charge in [-0.15, -0.1) is 0 Å². The van der Waals surface area contributed by atoms with Gasteiger partial charge in [-0.3, -0.25) is 4.79 Å². The lowest BCUT2D eigenvalue weighted by Crippen LogP contribution is -2.30. The lowest BCUT2D eigenvalue weighted by molar-refractivity contribution is 0.0751. The van der Waals surface area contributed by atoms with Crippen LogP contribution in [0.1, 0.15) is 34.2 Å². The van der Waals surface area contributed by atoms with E-state index >= 15 is 0 Å². The third-order valence-corrected chi connectivity index (χ3v) is 3.35. The van der Waals surface area contributed by atoms with E-state index in [0.29, 0.717) is 25.2 Å². The molecule has 2 aromatic rings. The van der Waals surface area contributed by atoms with Crippen molar-refractivity contribution >= 4 is 5.91 Å². The van der Waals surface area contributed by atoms with Crippen LogP contribution in [0, 0.1) is 6.92 Å². The monoisotopic (exact) mass is 272 g/mol. The summed E-state index contributed by atoms with van der Waals surface area (Å²) < 4.78 is 5.21. The van der Waals surface area contributed by atoms with Gasteiger partial charge < -0.3 is 15.1 Å². The van der Waals surface area contributed by atoms with E-state index in [1.165, 1.54) is 6.26 Å². The minimum Gasteiger partial charge on any atom is -0.469 e. The smallest absolute Gasteiger partial charge is 0.257 e. The summed E-state index contributed by atoms with van der Waals surface area (Å²) in [4.78, 5) is 14.2. The summed E-state index contributed by atoms with van der Waals surface area (Å²) in [6, 6.07) is 9.70. The molecule has 106 valence electrons. The van der Waals surface area contributed by atoms with Crippen LogP contribution in [-0.4, -0.2) is 17.4 Å². The van der Waals surface area contributed by atoms with Gasteiger partial charge in [-0.25, -0.2) is 0 Å². The number of nitrogens with two attached hydrogens (primary N) is 1. The lowest BCUT2D eigenvalue weighted by Gasteiger charge is -2.21. The fourth-order valence-electron chi connectivity index (χ4n) is 2.18. The fourth-order valence-corrected chi connectivity index (χ4v) is 2.18. The van der Waals surface area contributed by atoms with Crippen LogP contribution in [0.15, 0.2) is 41.0 Å². The van der Waals surface area contributed by atoms with Crippen molar-refractivity contribution in [3.8, 4) is 0 Å². The number of rotatable bonds is 5. The van der Waals surface area contributed by atoms with E-state index in [1.807, 2.05) is 38.1 Å². The second kappa shape index (κ2) is 6.39. The topological polar surface area (TPSA) is 59.5 Å². The van der Waals surface area contributed by atoms with Crippen LogP contribution in [-0.2, 0) is 13.1 Å². The molecule has 0 saturated carbocycles. The minimum atomic E-state index is -0.0174. The van der Waals surface area contributed by atoms with Crippen molar-refractivity contribution in [2.45, 2.75) is 26.9 Å². The molecule has 4 nitrogen and oxygen atoms in total. The normalized spacial score (nSPS) is 10.6. The highest BCUT2D eigenvalue weighted by Crippen LogP contribution is 2.15. The highest BCUT2D eigenvalue weighted by molar-refractivity contribution is 5.94. The van der Waals surface area contributed by atoms with E-state index in [1.54, 1.807) is 11.0 Å². The maximum atomic E-state index is 12.4. The summed E-state index contributed by atoms with van der Waals surface area (Å²) in [7, 11) is 0. The fraction of sp³-hybridized carbons (Fsp3) is 0.312. The Morgan fingerprint density at radius 2 is 2.00 bits per heavy atom. The Kier molecular flexibility index (Phi) is 4.58. The van der Waals surface area contributed by atoms with Crippen molar-refractivity contribution in [3.05, 3.63) is 59.0 Å². The summed E-state index contributed by atoms with van der Waals surface area (Å²) in [5.41, 5.74) is 8.49. The summed E-state index contributed by atoms with van der Waals surface area (Å²) >= 11 is 0. The summed E-state index contributed by atoms with van der Waals surface area (Å²) in [6.07, 6.45) is 1.51. The number of nitrogens with zero attached hydrogens (tertiary/aromatic N) is 1. The van der Waals surface area contributed by atoms with Gasteiger partial charge in [0.25, 0.3) is 5.91 Å². The van der Waals surface area contributed by atoms with Crippen molar-refractivity contribution in [2.24, 2.45) is 5.73 Å². The molecule has 0 saturated heterocycles. The average Bonchev–Trinajstić information content (AvgIpc) is 2.91. The van der Waals surface area contributed by atoms with E-state index in [2.05, 4.69) is 0 Å². The maximum absolute atomic E-state index is 12.4. The molecule has 0 fully saturated rings.